The third-order valence-electron chi connectivity index (χ3n) is 3.34. The van der Waals surface area contributed by atoms with Crippen LogP contribution in [0.2, 0.25) is 0 Å². The van der Waals surface area contributed by atoms with Gasteiger partial charge in [-0.15, -0.1) is 11.3 Å². The number of ether oxygens (including phenoxy) is 1. The molecule has 1 aromatic rings. The van der Waals surface area contributed by atoms with Crippen LogP contribution in [0.5, 0.6) is 0 Å². The Labute approximate surface area is 128 Å². The number of carbonyl (C=O) groups is 2. The molecule has 1 atom stereocenters. The van der Waals surface area contributed by atoms with Gasteiger partial charge in [0.2, 0.25) is 0 Å². The Morgan fingerprint density at radius 2 is 2.05 bits per heavy atom. The number of aromatic carboxylic acids is 1. The maximum Gasteiger partial charge on any atom is 0.412 e. The average Bonchev–Trinajstić information content (AvgIpc) is 2.62. The number of thiophene rings is 1. The van der Waals surface area contributed by atoms with Crippen molar-refractivity contribution >= 4 is 28.4 Å². The number of hydrogen-bond donors (Lipinski definition) is 2. The molecule has 0 aromatic carbocycles. The van der Waals surface area contributed by atoms with Crippen LogP contribution in [0.25, 0.3) is 0 Å². The van der Waals surface area contributed by atoms with Gasteiger partial charge >= 0.3 is 12.1 Å². The predicted octanol–water partition coefficient (Wildman–Crippen LogP) is 3.92. The van der Waals surface area contributed by atoms with Gasteiger partial charge in [0.15, 0.2) is 0 Å². The Kier molecular flexibility index (Phi) is 4.27. The third kappa shape index (κ3) is 3.75. The number of rotatable bonds is 2. The van der Waals surface area contributed by atoms with Gasteiger partial charge in [-0.25, -0.2) is 9.59 Å². The van der Waals surface area contributed by atoms with Crippen LogP contribution in [0.3, 0.4) is 0 Å². The number of fused-ring (bicyclic) bond motifs is 1. The molecule has 0 saturated heterocycles. The van der Waals surface area contributed by atoms with E-state index in [-0.39, 0.29) is 5.56 Å². The topological polar surface area (TPSA) is 75.6 Å². The largest absolute Gasteiger partial charge is 0.478 e. The lowest BCUT2D eigenvalue weighted by Crippen LogP contribution is -2.27. The summed E-state index contributed by atoms with van der Waals surface area (Å²) in [5.41, 5.74) is 0.489. The van der Waals surface area contributed by atoms with Crippen molar-refractivity contribution in [3.05, 3.63) is 16.0 Å². The first-order chi connectivity index (χ1) is 9.67. The molecule has 0 bridgehead atoms. The molecule has 1 amide bonds. The fourth-order valence-electron chi connectivity index (χ4n) is 2.46. The number of carbonyl (C=O) groups excluding carboxylic acids is 1. The summed E-state index contributed by atoms with van der Waals surface area (Å²) in [5.74, 6) is -0.444. The average molecular weight is 311 g/mol. The molecule has 6 heteroatoms. The van der Waals surface area contributed by atoms with E-state index in [1.165, 1.54) is 11.3 Å². The molecule has 0 fully saturated rings. The minimum absolute atomic E-state index is 0.229. The number of anilines is 1. The van der Waals surface area contributed by atoms with E-state index >= 15 is 0 Å². The quantitative estimate of drug-likeness (QED) is 0.868. The van der Waals surface area contributed by atoms with Crippen molar-refractivity contribution in [2.24, 2.45) is 5.92 Å². The summed E-state index contributed by atoms with van der Waals surface area (Å²) in [5, 5.41) is 12.4. The molecule has 116 valence electrons. The highest BCUT2D eigenvalue weighted by molar-refractivity contribution is 7.17. The van der Waals surface area contributed by atoms with Gasteiger partial charge in [0.25, 0.3) is 0 Å². The van der Waals surface area contributed by atoms with E-state index in [1.54, 1.807) is 20.8 Å². The van der Waals surface area contributed by atoms with Gasteiger partial charge in [-0.3, -0.25) is 5.32 Å². The molecule has 5 nitrogen and oxygen atoms in total. The van der Waals surface area contributed by atoms with Crippen LogP contribution in [0, 0.1) is 5.92 Å². The normalized spacial score (nSPS) is 18.0. The van der Waals surface area contributed by atoms with Crippen LogP contribution in [0.15, 0.2) is 0 Å². The molecule has 2 rings (SSSR count). The monoisotopic (exact) mass is 311 g/mol. The summed E-state index contributed by atoms with van der Waals surface area (Å²) in [7, 11) is 0. The lowest BCUT2D eigenvalue weighted by molar-refractivity contribution is 0.0636. The third-order valence-corrected chi connectivity index (χ3v) is 4.51. The number of carboxylic acid groups (broad SMARTS) is 1. The van der Waals surface area contributed by atoms with Crippen molar-refractivity contribution in [1.82, 2.24) is 0 Å². The maximum absolute atomic E-state index is 11.9. The van der Waals surface area contributed by atoms with E-state index in [1.807, 2.05) is 0 Å². The Balaban J connectivity index is 2.27. The van der Waals surface area contributed by atoms with Crippen LogP contribution in [-0.4, -0.2) is 22.8 Å². The van der Waals surface area contributed by atoms with Crippen LogP contribution < -0.4 is 5.32 Å². The number of hydrogen-bond acceptors (Lipinski definition) is 4. The molecule has 0 aliphatic heterocycles. The number of amides is 1. The van der Waals surface area contributed by atoms with Gasteiger partial charge in [-0.1, -0.05) is 6.92 Å². The Morgan fingerprint density at radius 1 is 1.38 bits per heavy atom. The predicted molar refractivity (Wildman–Crippen MR) is 82.3 cm³/mol. The second-order valence-electron chi connectivity index (χ2n) is 6.49. The molecule has 2 N–H and O–H groups in total. The molecule has 0 saturated carbocycles. The molecule has 1 aliphatic rings. The SMILES string of the molecule is CC1CCc2c(sc(NC(=O)OC(C)(C)C)c2C(=O)O)C1. The Bertz CT molecular complexity index is 571. The fourth-order valence-corrected chi connectivity index (χ4v) is 3.85. The zero-order valence-corrected chi connectivity index (χ0v) is 13.6. The highest BCUT2D eigenvalue weighted by Crippen LogP contribution is 2.39. The summed E-state index contributed by atoms with van der Waals surface area (Å²) in [6.45, 7) is 7.47. The second kappa shape index (κ2) is 5.67. The van der Waals surface area contributed by atoms with Crippen LogP contribution in [-0.2, 0) is 17.6 Å². The van der Waals surface area contributed by atoms with E-state index in [2.05, 4.69) is 12.2 Å². The fraction of sp³-hybridized carbons (Fsp3) is 0.600. The smallest absolute Gasteiger partial charge is 0.412 e. The van der Waals surface area contributed by atoms with E-state index in [9.17, 15) is 14.7 Å². The number of nitrogens with one attached hydrogen (secondary N) is 1. The zero-order valence-electron chi connectivity index (χ0n) is 12.8. The molecular weight excluding hydrogens is 290 g/mol. The molecule has 0 radical (unpaired) electrons. The van der Waals surface area contributed by atoms with E-state index in [4.69, 9.17) is 4.74 Å². The van der Waals surface area contributed by atoms with Crippen molar-refractivity contribution in [2.45, 2.75) is 52.6 Å². The maximum atomic E-state index is 11.9. The second-order valence-corrected chi connectivity index (χ2v) is 7.59. The molecule has 21 heavy (non-hydrogen) atoms. The van der Waals surface area contributed by atoms with Gasteiger partial charge in [-0.05, 0) is 51.5 Å². The van der Waals surface area contributed by atoms with Gasteiger partial charge in [0.05, 0.1) is 5.56 Å². The minimum atomic E-state index is -0.992. The summed E-state index contributed by atoms with van der Waals surface area (Å²) >= 11 is 1.36. The van der Waals surface area contributed by atoms with Crippen molar-refractivity contribution in [3.8, 4) is 0 Å². The first-order valence-corrected chi connectivity index (χ1v) is 7.87. The van der Waals surface area contributed by atoms with Crippen molar-refractivity contribution in [2.75, 3.05) is 5.32 Å². The molecule has 1 heterocycles. The van der Waals surface area contributed by atoms with Crippen molar-refractivity contribution in [3.63, 3.8) is 0 Å². The van der Waals surface area contributed by atoms with Gasteiger partial charge in [0, 0.05) is 4.88 Å². The van der Waals surface area contributed by atoms with Gasteiger partial charge in [0.1, 0.15) is 10.6 Å². The molecule has 0 spiro atoms. The highest BCUT2D eigenvalue weighted by Gasteiger charge is 2.29. The summed E-state index contributed by atoms with van der Waals surface area (Å²) in [4.78, 5) is 24.4. The highest BCUT2D eigenvalue weighted by atomic mass is 32.1. The Hall–Kier alpha value is -1.56. The minimum Gasteiger partial charge on any atom is -0.478 e. The standard InChI is InChI=1S/C15H21NO4S/c1-8-5-6-9-10(7-8)21-12(11(9)13(17)18)16-14(19)20-15(2,3)4/h8H,5-7H2,1-4H3,(H,16,19)(H,17,18). The van der Waals surface area contributed by atoms with Gasteiger partial charge < -0.3 is 9.84 Å². The van der Waals surface area contributed by atoms with Gasteiger partial charge in [-0.2, -0.15) is 0 Å². The van der Waals surface area contributed by atoms with Crippen LogP contribution in [0.1, 0.15) is 54.9 Å². The zero-order chi connectivity index (χ0) is 15.8. The van der Waals surface area contributed by atoms with Crippen molar-refractivity contribution in [1.29, 1.82) is 0 Å². The Morgan fingerprint density at radius 3 is 2.62 bits per heavy atom. The lowest BCUT2D eigenvalue weighted by atomic mass is 9.88. The first-order valence-electron chi connectivity index (χ1n) is 7.05. The van der Waals surface area contributed by atoms with Crippen LogP contribution >= 0.6 is 11.3 Å². The lowest BCUT2D eigenvalue weighted by Gasteiger charge is -2.19. The summed E-state index contributed by atoms with van der Waals surface area (Å²) < 4.78 is 5.19. The first kappa shape index (κ1) is 15.8. The van der Waals surface area contributed by atoms with E-state index in [0.717, 1.165) is 29.7 Å². The molecule has 1 aliphatic carbocycles. The molecule has 1 unspecified atom stereocenters. The summed E-state index contributed by atoms with van der Waals surface area (Å²) in [6.07, 6.45) is 1.99. The van der Waals surface area contributed by atoms with E-state index < -0.39 is 17.7 Å². The van der Waals surface area contributed by atoms with Crippen LogP contribution in [0.4, 0.5) is 9.80 Å². The van der Waals surface area contributed by atoms with Crippen molar-refractivity contribution < 1.29 is 19.4 Å². The molecule has 1 aromatic heterocycles. The summed E-state index contributed by atoms with van der Waals surface area (Å²) in [6, 6.07) is 0. The van der Waals surface area contributed by atoms with E-state index in [0.29, 0.717) is 10.9 Å². The number of carboxylic acids is 1. The molecular formula is C15H21NO4S.